The quantitative estimate of drug-likeness (QED) is 0.371. The predicted molar refractivity (Wildman–Crippen MR) is 65.8 cm³/mol. The molecule has 2 aromatic rings. The van der Waals surface area contributed by atoms with Gasteiger partial charge in [-0.1, -0.05) is 36.4 Å². The summed E-state index contributed by atoms with van der Waals surface area (Å²) in [4.78, 5) is 0. The van der Waals surface area contributed by atoms with E-state index in [1.807, 2.05) is 36.4 Å². The maximum absolute atomic E-state index is 5.37. The smallest absolute Gasteiger partial charge is 0.410 e. The van der Waals surface area contributed by atoms with Crippen molar-refractivity contribution >= 4 is 6.08 Å². The molecule has 0 heterocycles. The van der Waals surface area contributed by atoms with Crippen molar-refractivity contribution in [2.45, 2.75) is 0 Å². The Morgan fingerprint density at radius 3 is 1.53 bits per heavy atom. The molecule has 0 atom stereocenters. The molecule has 4 nitrogen and oxygen atoms in total. The number of para-hydroxylation sites is 2. The Morgan fingerprint density at radius 2 is 1.18 bits per heavy atom. The molecule has 86 valence electrons. The van der Waals surface area contributed by atoms with Gasteiger partial charge in [0.2, 0.25) is 0 Å². The highest BCUT2D eigenvalue weighted by molar-refractivity contribution is 5.72. The molecule has 2 aromatic carbocycles. The van der Waals surface area contributed by atoms with E-state index in [-0.39, 0.29) is 6.08 Å². The van der Waals surface area contributed by atoms with Crippen molar-refractivity contribution in [3.8, 4) is 11.5 Å². The van der Waals surface area contributed by atoms with Crippen LogP contribution < -0.4 is 15.3 Å². The van der Waals surface area contributed by atoms with E-state index in [2.05, 4.69) is 5.10 Å². The van der Waals surface area contributed by atoms with Crippen molar-refractivity contribution in [3.63, 3.8) is 0 Å². The van der Waals surface area contributed by atoms with Crippen molar-refractivity contribution in [3.05, 3.63) is 60.7 Å². The minimum Gasteiger partial charge on any atom is -0.410 e. The molecule has 0 bridgehead atoms. The molecule has 0 fully saturated rings. The van der Waals surface area contributed by atoms with Gasteiger partial charge in [-0.2, -0.15) is 0 Å². The van der Waals surface area contributed by atoms with Gasteiger partial charge >= 0.3 is 6.08 Å². The molecule has 0 aliphatic rings. The van der Waals surface area contributed by atoms with Crippen molar-refractivity contribution in [2.75, 3.05) is 0 Å². The monoisotopic (exact) mass is 228 g/mol. The van der Waals surface area contributed by atoms with Gasteiger partial charge in [0.1, 0.15) is 11.5 Å². The molecule has 0 aliphatic heterocycles. The molecule has 2 N–H and O–H groups in total. The third-order valence-corrected chi connectivity index (χ3v) is 2.00. The highest BCUT2D eigenvalue weighted by Gasteiger charge is 2.04. The van der Waals surface area contributed by atoms with E-state index in [0.717, 1.165) is 0 Å². The molecule has 0 amide bonds. The Labute approximate surface area is 99.3 Å². The summed E-state index contributed by atoms with van der Waals surface area (Å²) in [5.41, 5.74) is 0. The first-order chi connectivity index (χ1) is 8.38. The van der Waals surface area contributed by atoms with E-state index < -0.39 is 0 Å². The van der Waals surface area contributed by atoms with Gasteiger partial charge in [-0.25, -0.2) is 0 Å². The molecule has 0 aromatic heterocycles. The van der Waals surface area contributed by atoms with Crippen LogP contribution in [0.4, 0.5) is 0 Å². The summed E-state index contributed by atoms with van der Waals surface area (Å²) in [6.45, 7) is 0. The van der Waals surface area contributed by atoms with Crippen molar-refractivity contribution in [1.29, 1.82) is 0 Å². The lowest BCUT2D eigenvalue weighted by molar-refractivity contribution is 0.382. The van der Waals surface area contributed by atoms with Crippen LogP contribution in [0.3, 0.4) is 0 Å². The molecule has 0 aliphatic carbocycles. The minimum absolute atomic E-state index is 0.00222. The number of hydrogen-bond acceptors (Lipinski definition) is 4. The number of hydrazone groups is 1. The Kier molecular flexibility index (Phi) is 3.60. The van der Waals surface area contributed by atoms with E-state index in [4.69, 9.17) is 15.3 Å². The summed E-state index contributed by atoms with van der Waals surface area (Å²) >= 11 is 0. The maximum Gasteiger partial charge on any atom is 0.416 e. The second-order valence-electron chi connectivity index (χ2n) is 3.23. The van der Waals surface area contributed by atoms with Gasteiger partial charge < -0.3 is 15.3 Å². The Hall–Kier alpha value is -2.49. The van der Waals surface area contributed by atoms with Gasteiger partial charge in [0.05, 0.1) is 0 Å². The van der Waals surface area contributed by atoms with Gasteiger partial charge in [0, 0.05) is 0 Å². The second-order valence-corrected chi connectivity index (χ2v) is 3.23. The van der Waals surface area contributed by atoms with E-state index in [1.54, 1.807) is 24.3 Å². The summed E-state index contributed by atoms with van der Waals surface area (Å²) in [6.07, 6.45) is 0.00222. The van der Waals surface area contributed by atoms with E-state index in [0.29, 0.717) is 11.5 Å². The number of nitrogens with two attached hydrogens (primary N) is 1. The number of nitrogens with zero attached hydrogens (tertiary/aromatic N) is 1. The lowest BCUT2D eigenvalue weighted by atomic mass is 10.3. The lowest BCUT2D eigenvalue weighted by Gasteiger charge is -2.08. The van der Waals surface area contributed by atoms with Crippen molar-refractivity contribution in [2.24, 2.45) is 10.9 Å². The van der Waals surface area contributed by atoms with Crippen molar-refractivity contribution in [1.82, 2.24) is 0 Å². The first-order valence-electron chi connectivity index (χ1n) is 5.12. The zero-order valence-corrected chi connectivity index (χ0v) is 9.11. The van der Waals surface area contributed by atoms with Crippen LogP contribution in [0, 0.1) is 0 Å². The first kappa shape index (κ1) is 11.0. The van der Waals surface area contributed by atoms with Crippen molar-refractivity contribution < 1.29 is 9.47 Å². The molecule has 17 heavy (non-hydrogen) atoms. The zero-order chi connectivity index (χ0) is 11.9. The average molecular weight is 228 g/mol. The highest BCUT2D eigenvalue weighted by Crippen LogP contribution is 2.12. The molecule has 0 radical (unpaired) electrons. The summed E-state index contributed by atoms with van der Waals surface area (Å²) in [7, 11) is 0. The molecule has 2 rings (SSSR count). The fraction of sp³-hybridized carbons (Fsp3) is 0. The molecular weight excluding hydrogens is 216 g/mol. The van der Waals surface area contributed by atoms with Crippen LogP contribution in [0.15, 0.2) is 65.8 Å². The SMILES string of the molecule is NN=C(Oc1ccccc1)Oc1ccccc1. The van der Waals surface area contributed by atoms with Gasteiger partial charge in [0.15, 0.2) is 0 Å². The van der Waals surface area contributed by atoms with Crippen LogP contribution in [0.2, 0.25) is 0 Å². The van der Waals surface area contributed by atoms with E-state index in [1.165, 1.54) is 0 Å². The largest absolute Gasteiger partial charge is 0.416 e. The maximum atomic E-state index is 5.37. The molecule has 4 heteroatoms. The van der Waals surface area contributed by atoms with Crippen LogP contribution >= 0.6 is 0 Å². The Balaban J connectivity index is 2.04. The van der Waals surface area contributed by atoms with Crippen LogP contribution in [-0.4, -0.2) is 6.08 Å². The van der Waals surface area contributed by atoms with E-state index >= 15 is 0 Å². The fourth-order valence-corrected chi connectivity index (χ4v) is 1.25. The summed E-state index contributed by atoms with van der Waals surface area (Å²) in [6, 6.07) is 18.4. The third kappa shape index (κ3) is 3.24. The van der Waals surface area contributed by atoms with Gasteiger partial charge in [-0.3, -0.25) is 0 Å². The fourth-order valence-electron chi connectivity index (χ4n) is 1.25. The molecule has 0 unspecified atom stereocenters. The topological polar surface area (TPSA) is 56.8 Å². The lowest BCUT2D eigenvalue weighted by Crippen LogP contribution is -2.18. The highest BCUT2D eigenvalue weighted by atomic mass is 16.7. The number of rotatable bonds is 2. The van der Waals surface area contributed by atoms with Crippen LogP contribution in [0.25, 0.3) is 0 Å². The van der Waals surface area contributed by atoms with Crippen LogP contribution in [0.5, 0.6) is 11.5 Å². The molecule has 0 spiro atoms. The van der Waals surface area contributed by atoms with Gasteiger partial charge in [-0.05, 0) is 24.3 Å². The normalized spacial score (nSPS) is 9.41. The Morgan fingerprint density at radius 1 is 0.765 bits per heavy atom. The standard InChI is InChI=1S/C13H12N2O2/c14-15-13(16-11-7-3-1-4-8-11)17-12-9-5-2-6-10-12/h1-10H,14H2. The number of ether oxygens (including phenoxy) is 2. The van der Waals surface area contributed by atoms with Gasteiger partial charge in [-0.15, -0.1) is 5.10 Å². The molecule has 0 saturated carbocycles. The zero-order valence-electron chi connectivity index (χ0n) is 9.11. The molecule has 0 saturated heterocycles. The molecular formula is C13H12N2O2. The van der Waals surface area contributed by atoms with Gasteiger partial charge in [0.25, 0.3) is 0 Å². The minimum atomic E-state index is 0.00222. The third-order valence-electron chi connectivity index (χ3n) is 2.00. The number of benzene rings is 2. The summed E-state index contributed by atoms with van der Waals surface area (Å²) < 4.78 is 10.7. The summed E-state index contributed by atoms with van der Waals surface area (Å²) in [5, 5.41) is 3.45. The van der Waals surface area contributed by atoms with Crippen LogP contribution in [0.1, 0.15) is 0 Å². The second kappa shape index (κ2) is 5.55. The Bertz CT molecular complexity index is 440. The van der Waals surface area contributed by atoms with E-state index in [9.17, 15) is 0 Å². The first-order valence-corrected chi connectivity index (χ1v) is 5.12. The predicted octanol–water partition coefficient (Wildman–Crippen LogP) is 2.37. The average Bonchev–Trinajstić information content (AvgIpc) is 2.40. The van der Waals surface area contributed by atoms with Crippen LogP contribution in [-0.2, 0) is 0 Å². The number of hydrogen-bond donors (Lipinski definition) is 1. The summed E-state index contributed by atoms with van der Waals surface area (Å²) in [5.74, 6) is 6.44.